The van der Waals surface area contributed by atoms with Gasteiger partial charge in [-0.2, -0.15) is 0 Å². The molecule has 0 aliphatic rings. The van der Waals surface area contributed by atoms with Crippen molar-refractivity contribution in [1.82, 2.24) is 9.97 Å². The minimum atomic E-state index is 0.248. The summed E-state index contributed by atoms with van der Waals surface area (Å²) in [4.78, 5) is 12.3. The molecule has 3 aromatic rings. The van der Waals surface area contributed by atoms with E-state index in [1.54, 1.807) is 12.1 Å². The SMILES string of the molecule is CN(C)c1cc(/C=C/c2cc(/C=C/c3ccc(O)c(N(C)C)c3)ncn2)ccc1O. The average Bonchev–Trinajstić information content (AvgIpc) is 2.72. The van der Waals surface area contributed by atoms with E-state index in [-0.39, 0.29) is 11.5 Å². The second-order valence-electron chi connectivity index (χ2n) is 7.32. The topological polar surface area (TPSA) is 72.7 Å². The highest BCUT2D eigenvalue weighted by Gasteiger charge is 2.04. The summed E-state index contributed by atoms with van der Waals surface area (Å²) >= 11 is 0. The third-order valence-electron chi connectivity index (χ3n) is 4.57. The van der Waals surface area contributed by atoms with Gasteiger partial charge in [0.15, 0.2) is 0 Å². The fraction of sp³-hybridized carbons (Fsp3) is 0.167. The van der Waals surface area contributed by atoms with Crippen LogP contribution >= 0.6 is 0 Å². The first-order valence-electron chi connectivity index (χ1n) is 9.52. The van der Waals surface area contributed by atoms with Gasteiger partial charge in [-0.3, -0.25) is 0 Å². The zero-order valence-electron chi connectivity index (χ0n) is 17.6. The van der Waals surface area contributed by atoms with Crippen molar-refractivity contribution in [2.24, 2.45) is 0 Å². The summed E-state index contributed by atoms with van der Waals surface area (Å²) in [6.45, 7) is 0. The van der Waals surface area contributed by atoms with Crippen LogP contribution in [0.5, 0.6) is 11.5 Å². The minimum Gasteiger partial charge on any atom is -0.506 e. The predicted molar refractivity (Wildman–Crippen MR) is 125 cm³/mol. The van der Waals surface area contributed by atoms with E-state index in [0.717, 1.165) is 33.9 Å². The Bertz CT molecular complexity index is 1010. The molecular weight excluding hydrogens is 376 g/mol. The highest BCUT2D eigenvalue weighted by atomic mass is 16.3. The molecule has 1 aromatic heterocycles. The van der Waals surface area contributed by atoms with E-state index in [0.29, 0.717) is 0 Å². The Kier molecular flexibility index (Phi) is 6.37. The fourth-order valence-corrected chi connectivity index (χ4v) is 2.94. The first-order chi connectivity index (χ1) is 14.3. The lowest BCUT2D eigenvalue weighted by atomic mass is 10.1. The molecule has 0 amide bonds. The molecule has 0 atom stereocenters. The van der Waals surface area contributed by atoms with Crippen molar-refractivity contribution in [3.63, 3.8) is 0 Å². The number of aromatic nitrogens is 2. The van der Waals surface area contributed by atoms with Gasteiger partial charge in [0.1, 0.15) is 17.8 Å². The zero-order chi connectivity index (χ0) is 21.7. The number of benzene rings is 2. The van der Waals surface area contributed by atoms with Gasteiger partial charge in [-0.15, -0.1) is 0 Å². The number of nitrogens with zero attached hydrogens (tertiary/aromatic N) is 4. The Morgan fingerprint density at radius 2 is 1.07 bits per heavy atom. The van der Waals surface area contributed by atoms with Gasteiger partial charge in [-0.1, -0.05) is 24.3 Å². The van der Waals surface area contributed by atoms with Gasteiger partial charge in [0.25, 0.3) is 0 Å². The van der Waals surface area contributed by atoms with Gasteiger partial charge in [0.2, 0.25) is 0 Å². The fourth-order valence-electron chi connectivity index (χ4n) is 2.94. The van der Waals surface area contributed by atoms with E-state index in [1.807, 2.05) is 92.6 Å². The van der Waals surface area contributed by atoms with Gasteiger partial charge in [-0.25, -0.2) is 9.97 Å². The molecule has 30 heavy (non-hydrogen) atoms. The third kappa shape index (κ3) is 5.17. The maximum atomic E-state index is 9.93. The van der Waals surface area contributed by atoms with Crippen LogP contribution in [0, 0.1) is 0 Å². The monoisotopic (exact) mass is 402 g/mol. The number of phenolic OH excluding ortho intramolecular Hbond substituents is 2. The number of phenols is 2. The maximum Gasteiger partial charge on any atom is 0.138 e. The Labute approximate surface area is 177 Å². The van der Waals surface area contributed by atoms with E-state index in [1.165, 1.54) is 6.33 Å². The molecule has 0 saturated heterocycles. The van der Waals surface area contributed by atoms with E-state index >= 15 is 0 Å². The van der Waals surface area contributed by atoms with Gasteiger partial charge in [0.05, 0.1) is 22.8 Å². The van der Waals surface area contributed by atoms with Gasteiger partial charge >= 0.3 is 0 Å². The van der Waals surface area contributed by atoms with Crippen LogP contribution in [0.15, 0.2) is 48.8 Å². The summed E-state index contributed by atoms with van der Waals surface area (Å²) in [7, 11) is 7.56. The van der Waals surface area contributed by atoms with Crippen LogP contribution in [0.3, 0.4) is 0 Å². The van der Waals surface area contributed by atoms with Crippen molar-refractivity contribution >= 4 is 35.7 Å². The quantitative estimate of drug-likeness (QED) is 0.638. The number of aromatic hydroxyl groups is 2. The van der Waals surface area contributed by atoms with Crippen molar-refractivity contribution in [3.05, 3.63) is 71.3 Å². The molecule has 1 heterocycles. The van der Waals surface area contributed by atoms with E-state index in [4.69, 9.17) is 0 Å². The molecule has 0 aliphatic carbocycles. The molecular formula is C24H26N4O2. The minimum absolute atomic E-state index is 0.248. The summed E-state index contributed by atoms with van der Waals surface area (Å²) in [5.74, 6) is 0.497. The molecule has 6 heteroatoms. The standard InChI is InChI=1S/C24H26N4O2/c1-27(2)21-13-17(7-11-23(21)29)5-9-19-15-20(26-16-25-19)10-6-18-8-12-24(30)22(14-18)28(3)4/h5-16,29-30H,1-4H3/b9-5+,10-6+. The summed E-state index contributed by atoms with van der Waals surface area (Å²) in [5.41, 5.74) is 5.01. The van der Waals surface area contributed by atoms with E-state index in [9.17, 15) is 10.2 Å². The van der Waals surface area contributed by atoms with Crippen LogP contribution in [0.4, 0.5) is 11.4 Å². The second kappa shape index (κ2) is 9.13. The molecule has 0 spiro atoms. The number of hydrogen-bond donors (Lipinski definition) is 2. The third-order valence-corrected chi connectivity index (χ3v) is 4.57. The highest BCUT2D eigenvalue weighted by molar-refractivity contribution is 5.75. The van der Waals surface area contributed by atoms with Gasteiger partial charge < -0.3 is 20.0 Å². The molecule has 2 N–H and O–H groups in total. The molecule has 2 aromatic carbocycles. The maximum absolute atomic E-state index is 9.93. The first-order valence-corrected chi connectivity index (χ1v) is 9.52. The van der Waals surface area contributed by atoms with Crippen LogP contribution in [-0.4, -0.2) is 48.4 Å². The zero-order valence-corrected chi connectivity index (χ0v) is 17.6. The van der Waals surface area contributed by atoms with Crippen molar-refractivity contribution < 1.29 is 10.2 Å². The van der Waals surface area contributed by atoms with Crippen molar-refractivity contribution in [2.75, 3.05) is 38.0 Å². The van der Waals surface area contributed by atoms with Crippen molar-refractivity contribution in [2.45, 2.75) is 0 Å². The molecule has 0 bridgehead atoms. The lowest BCUT2D eigenvalue weighted by molar-refractivity contribution is 0.475. The van der Waals surface area contributed by atoms with Crippen LogP contribution in [0.25, 0.3) is 24.3 Å². The van der Waals surface area contributed by atoms with Crippen LogP contribution < -0.4 is 9.80 Å². The number of hydrogen-bond acceptors (Lipinski definition) is 6. The van der Waals surface area contributed by atoms with Crippen LogP contribution in [0.2, 0.25) is 0 Å². The second-order valence-corrected chi connectivity index (χ2v) is 7.32. The summed E-state index contributed by atoms with van der Waals surface area (Å²) in [5, 5.41) is 19.9. The Hall–Kier alpha value is -3.80. The summed E-state index contributed by atoms with van der Waals surface area (Å²) < 4.78 is 0. The number of anilines is 2. The molecule has 154 valence electrons. The Balaban J connectivity index is 1.78. The normalized spacial score (nSPS) is 11.3. The lowest BCUT2D eigenvalue weighted by Gasteiger charge is -2.14. The largest absolute Gasteiger partial charge is 0.506 e. The summed E-state index contributed by atoms with van der Waals surface area (Å²) in [6.07, 6.45) is 9.26. The van der Waals surface area contributed by atoms with Gasteiger partial charge in [0, 0.05) is 28.2 Å². The van der Waals surface area contributed by atoms with E-state index < -0.39 is 0 Å². The molecule has 6 nitrogen and oxygen atoms in total. The number of rotatable bonds is 6. The molecule has 0 aliphatic heterocycles. The predicted octanol–water partition coefficient (Wildman–Crippen LogP) is 4.36. The molecule has 0 saturated carbocycles. The first kappa shape index (κ1) is 20.9. The molecule has 0 radical (unpaired) electrons. The van der Waals surface area contributed by atoms with Crippen LogP contribution in [-0.2, 0) is 0 Å². The van der Waals surface area contributed by atoms with Crippen molar-refractivity contribution in [3.8, 4) is 11.5 Å². The molecule has 0 unspecified atom stereocenters. The van der Waals surface area contributed by atoms with E-state index in [2.05, 4.69) is 9.97 Å². The van der Waals surface area contributed by atoms with Crippen molar-refractivity contribution in [1.29, 1.82) is 0 Å². The Morgan fingerprint density at radius 1 is 0.633 bits per heavy atom. The lowest BCUT2D eigenvalue weighted by Crippen LogP contribution is -2.08. The molecule has 0 fully saturated rings. The summed E-state index contributed by atoms with van der Waals surface area (Å²) in [6, 6.07) is 12.8. The van der Waals surface area contributed by atoms with Gasteiger partial charge in [-0.05, 0) is 53.6 Å². The highest BCUT2D eigenvalue weighted by Crippen LogP contribution is 2.28. The smallest absolute Gasteiger partial charge is 0.138 e. The average molecular weight is 402 g/mol. The Morgan fingerprint density at radius 3 is 1.47 bits per heavy atom. The van der Waals surface area contributed by atoms with Crippen LogP contribution in [0.1, 0.15) is 22.5 Å². The molecule has 3 rings (SSSR count).